The van der Waals surface area contributed by atoms with Gasteiger partial charge in [-0.3, -0.25) is 9.69 Å². The number of carbonyl (C=O) groups is 2. The molecule has 1 saturated heterocycles. The van der Waals surface area contributed by atoms with Crippen molar-refractivity contribution in [2.45, 2.75) is 50.9 Å². The number of carboxylic acid groups (broad SMARTS) is 1. The van der Waals surface area contributed by atoms with Gasteiger partial charge in [0.1, 0.15) is 0 Å². The van der Waals surface area contributed by atoms with E-state index in [-0.39, 0.29) is 68.0 Å². The van der Waals surface area contributed by atoms with Gasteiger partial charge in [0.25, 0.3) is 0 Å². The van der Waals surface area contributed by atoms with E-state index in [0.29, 0.717) is 32.7 Å². The van der Waals surface area contributed by atoms with Crippen LogP contribution in [0.25, 0.3) is 11.1 Å². The zero-order valence-electron chi connectivity index (χ0n) is 20.8. The zero-order valence-corrected chi connectivity index (χ0v) is 23.1. The molecular weight excluding hydrogens is 482 g/mol. The van der Waals surface area contributed by atoms with Gasteiger partial charge in [0.2, 0.25) is 0 Å². The molecule has 1 heterocycles. The van der Waals surface area contributed by atoms with Crippen LogP contribution in [0.1, 0.15) is 37.7 Å². The summed E-state index contributed by atoms with van der Waals surface area (Å²) in [7, 11) is 0. The van der Waals surface area contributed by atoms with Crippen LogP contribution in [0.2, 0.25) is 0 Å². The van der Waals surface area contributed by atoms with E-state index in [1.807, 2.05) is 30.4 Å². The summed E-state index contributed by atoms with van der Waals surface area (Å²) in [6.07, 6.45) is 6.33. The van der Waals surface area contributed by atoms with Crippen molar-refractivity contribution < 1.29 is 24.2 Å². The van der Waals surface area contributed by atoms with Crippen LogP contribution in [0.4, 0.5) is 0 Å². The molecule has 186 valence electrons. The van der Waals surface area contributed by atoms with E-state index in [9.17, 15) is 14.7 Å². The summed E-state index contributed by atoms with van der Waals surface area (Å²) < 4.78 is 11.9. The third-order valence-electron chi connectivity index (χ3n) is 6.93. The molecule has 0 spiro atoms. The predicted octanol–water partition coefficient (Wildman–Crippen LogP) is 3.01. The Morgan fingerprint density at radius 1 is 1.00 bits per heavy atom. The fraction of sp³-hybridized carbons (Fsp3) is 0.448. The Hall–Kier alpha value is -1.54. The molecule has 1 aliphatic carbocycles. The number of Topliss-reactive ketones (excluding diaryl/α,β-unsaturated/α-hetero) is 1. The second-order valence-electron chi connectivity index (χ2n) is 9.30. The first-order valence-corrected chi connectivity index (χ1v) is 12.6. The maximum atomic E-state index is 13.1. The summed E-state index contributed by atoms with van der Waals surface area (Å²) >= 11 is 0. The average Bonchev–Trinajstić information content (AvgIpc) is 3.20. The number of aliphatic carboxylic acids is 1. The van der Waals surface area contributed by atoms with Gasteiger partial charge in [0.05, 0.1) is 32.0 Å². The van der Waals surface area contributed by atoms with Crippen LogP contribution in [-0.4, -0.2) is 92.8 Å². The smallest absolute Gasteiger partial charge is 0.550 e. The second-order valence-corrected chi connectivity index (χ2v) is 9.30. The number of carboxylic acids is 1. The third kappa shape index (κ3) is 8.23. The Morgan fingerprint density at radius 2 is 1.67 bits per heavy atom. The van der Waals surface area contributed by atoms with Gasteiger partial charge in [0.15, 0.2) is 5.78 Å². The van der Waals surface area contributed by atoms with Gasteiger partial charge in [-0.05, 0) is 42.4 Å². The summed E-state index contributed by atoms with van der Waals surface area (Å²) in [5.74, 6) is -0.675. The molecule has 0 bridgehead atoms. The van der Waals surface area contributed by atoms with E-state index in [1.54, 1.807) is 0 Å². The summed E-state index contributed by atoms with van der Waals surface area (Å²) in [6.45, 7) is 3.31. The molecule has 2 aliphatic rings. The van der Waals surface area contributed by atoms with Gasteiger partial charge in [-0.25, -0.2) is 0 Å². The van der Waals surface area contributed by atoms with Crippen molar-refractivity contribution in [1.82, 2.24) is 4.90 Å². The number of hydrogen-bond acceptors (Lipinski definition) is 6. The number of rotatable bonds is 11. The molecule has 0 aromatic heterocycles. The van der Waals surface area contributed by atoms with Crippen molar-refractivity contribution in [3.05, 3.63) is 72.3 Å². The zero-order chi connectivity index (χ0) is 24.5. The first-order valence-electron chi connectivity index (χ1n) is 12.6. The van der Waals surface area contributed by atoms with Crippen molar-refractivity contribution in [2.24, 2.45) is 5.92 Å². The summed E-state index contributed by atoms with van der Waals surface area (Å²) in [4.78, 5) is 25.9. The van der Waals surface area contributed by atoms with E-state index in [1.165, 1.54) is 11.1 Å². The number of ketones is 1. The Morgan fingerprint density at radius 3 is 2.36 bits per heavy atom. The SMILES string of the molecule is O=C([O-])CC/C=C\CC[C@H]1[C@@H](OCc2ccc(-c3ccccc3)cc2)CC(=O)[C@@H]1N1CCOCC1.[Ca+2]. The Labute approximate surface area is 243 Å². The van der Waals surface area contributed by atoms with E-state index in [0.717, 1.165) is 31.5 Å². The molecule has 1 aliphatic heterocycles. The van der Waals surface area contributed by atoms with Gasteiger partial charge in [-0.15, -0.1) is 0 Å². The molecule has 0 radical (unpaired) electrons. The van der Waals surface area contributed by atoms with Crippen LogP contribution in [-0.2, 0) is 25.7 Å². The number of ether oxygens (including phenoxy) is 2. The summed E-state index contributed by atoms with van der Waals surface area (Å²) in [5, 5.41) is 10.6. The molecule has 0 N–H and O–H groups in total. The molecule has 2 aromatic rings. The minimum absolute atomic E-state index is 0. The van der Waals surface area contributed by atoms with Gasteiger partial charge in [0, 0.05) is 31.4 Å². The first kappa shape index (κ1) is 29.0. The minimum atomic E-state index is -1.03. The standard InChI is InChI=1S/C29H35NO5.Ca/c31-26-20-27(35-21-22-12-14-24(15-13-22)23-8-4-3-5-9-23)25(10-6-1-2-7-11-28(32)33)29(26)30-16-18-34-19-17-30;/h1-5,8-9,12-15,25,27,29H,6-7,10-11,16-21H2,(H,32,33);/q;+2/p-1/b2-1-;/t25-,27-,29+;/m0./s1. The summed E-state index contributed by atoms with van der Waals surface area (Å²) in [6, 6.07) is 18.5. The van der Waals surface area contributed by atoms with E-state index >= 15 is 0 Å². The number of carbonyl (C=O) groups excluding carboxylic acids is 2. The average molecular weight is 517 g/mol. The Bertz CT molecular complexity index is 988. The third-order valence-corrected chi connectivity index (χ3v) is 6.93. The number of hydrogen-bond donors (Lipinski definition) is 0. The van der Waals surface area contributed by atoms with Crippen molar-refractivity contribution in [3.63, 3.8) is 0 Å². The molecule has 36 heavy (non-hydrogen) atoms. The monoisotopic (exact) mass is 516 g/mol. The number of nitrogens with zero attached hydrogens (tertiary/aromatic N) is 1. The van der Waals surface area contributed by atoms with E-state index < -0.39 is 5.97 Å². The first-order chi connectivity index (χ1) is 17.1. The largest absolute Gasteiger partial charge is 2.00 e. The van der Waals surface area contributed by atoms with E-state index in [2.05, 4.69) is 41.3 Å². The molecule has 3 atom stereocenters. The van der Waals surface area contributed by atoms with Gasteiger partial charge < -0.3 is 19.4 Å². The van der Waals surface area contributed by atoms with Crippen LogP contribution < -0.4 is 5.11 Å². The van der Waals surface area contributed by atoms with Crippen molar-refractivity contribution in [2.75, 3.05) is 26.3 Å². The van der Waals surface area contributed by atoms with Crippen molar-refractivity contribution >= 4 is 49.5 Å². The van der Waals surface area contributed by atoms with Crippen LogP contribution in [0.3, 0.4) is 0 Å². The normalized spacial score (nSPS) is 22.6. The molecule has 7 heteroatoms. The van der Waals surface area contributed by atoms with Crippen LogP contribution in [0.15, 0.2) is 66.7 Å². The number of benzene rings is 2. The molecule has 1 saturated carbocycles. The maximum Gasteiger partial charge on any atom is 2.00 e. The topological polar surface area (TPSA) is 78.9 Å². The molecule has 0 unspecified atom stereocenters. The fourth-order valence-corrected chi connectivity index (χ4v) is 5.12. The Kier molecular flexibility index (Phi) is 12.1. The molecular formula is C29H34CaNO5+. The number of morpholine rings is 1. The Balaban J connectivity index is 0.00000361. The van der Waals surface area contributed by atoms with Crippen LogP contribution >= 0.6 is 0 Å². The quantitative estimate of drug-likeness (QED) is 0.338. The molecule has 4 rings (SSSR count). The fourth-order valence-electron chi connectivity index (χ4n) is 5.12. The van der Waals surface area contributed by atoms with Crippen molar-refractivity contribution in [1.29, 1.82) is 0 Å². The predicted molar refractivity (Wildman–Crippen MR) is 138 cm³/mol. The van der Waals surface area contributed by atoms with Gasteiger partial charge >= 0.3 is 37.7 Å². The molecule has 2 fully saturated rings. The van der Waals surface area contributed by atoms with Gasteiger partial charge in [-0.2, -0.15) is 0 Å². The molecule has 6 nitrogen and oxygen atoms in total. The molecule has 2 aromatic carbocycles. The van der Waals surface area contributed by atoms with Gasteiger partial charge in [-0.1, -0.05) is 66.7 Å². The van der Waals surface area contributed by atoms with Crippen LogP contribution in [0, 0.1) is 5.92 Å². The minimum Gasteiger partial charge on any atom is -0.550 e. The maximum absolute atomic E-state index is 13.1. The van der Waals surface area contributed by atoms with Crippen LogP contribution in [0.5, 0.6) is 0 Å². The van der Waals surface area contributed by atoms with Crippen molar-refractivity contribution in [3.8, 4) is 11.1 Å². The summed E-state index contributed by atoms with van der Waals surface area (Å²) in [5.41, 5.74) is 3.44. The second kappa shape index (κ2) is 15.0. The molecule has 0 amide bonds. The van der Waals surface area contributed by atoms with E-state index in [4.69, 9.17) is 9.47 Å². The number of allylic oxidation sites excluding steroid dienone is 2.